The van der Waals surface area contributed by atoms with Crippen molar-refractivity contribution < 1.29 is 9.59 Å². The highest BCUT2D eigenvalue weighted by Gasteiger charge is 2.17. The van der Waals surface area contributed by atoms with Crippen molar-refractivity contribution in [3.63, 3.8) is 0 Å². The number of nitrogens with zero attached hydrogens (tertiary/aromatic N) is 1. The molecule has 7 heteroatoms. The number of hydrogen-bond acceptors (Lipinski definition) is 4. The van der Waals surface area contributed by atoms with Gasteiger partial charge in [-0.1, -0.05) is 0 Å². The van der Waals surface area contributed by atoms with Gasteiger partial charge in [0.1, 0.15) is 0 Å². The summed E-state index contributed by atoms with van der Waals surface area (Å²) in [7, 11) is 0. The fraction of sp³-hybridized carbons (Fsp3) is 0.118. The normalized spacial score (nSPS) is 12.8. The molecule has 0 saturated heterocycles. The van der Waals surface area contributed by atoms with Crippen LogP contribution in [-0.4, -0.2) is 16.9 Å². The zero-order chi connectivity index (χ0) is 16.7. The molecule has 3 N–H and O–H groups in total. The molecule has 1 aliphatic rings. The van der Waals surface area contributed by atoms with E-state index in [1.807, 2.05) is 31.2 Å². The molecule has 2 heterocycles. The van der Waals surface area contributed by atoms with Crippen LogP contribution in [0, 0.1) is 6.92 Å². The van der Waals surface area contributed by atoms with Crippen LogP contribution in [0.5, 0.6) is 0 Å². The molecule has 2 aromatic carbocycles. The minimum Gasteiger partial charge on any atom is -0.326 e. The van der Waals surface area contributed by atoms with Crippen LogP contribution in [0.25, 0.3) is 10.2 Å². The Hall–Kier alpha value is -2.93. The number of anilines is 3. The van der Waals surface area contributed by atoms with E-state index in [0.29, 0.717) is 17.8 Å². The number of hydrogen-bond donors (Lipinski definition) is 3. The molecule has 0 bridgehead atoms. The van der Waals surface area contributed by atoms with Gasteiger partial charge in [0.2, 0.25) is 5.91 Å². The van der Waals surface area contributed by atoms with Crippen LogP contribution < -0.4 is 16.0 Å². The van der Waals surface area contributed by atoms with Crippen LogP contribution in [0.4, 0.5) is 21.9 Å². The Morgan fingerprint density at radius 1 is 1.17 bits per heavy atom. The van der Waals surface area contributed by atoms with E-state index in [9.17, 15) is 9.59 Å². The molecule has 24 heavy (non-hydrogen) atoms. The van der Waals surface area contributed by atoms with Crippen molar-refractivity contribution >= 4 is 50.6 Å². The van der Waals surface area contributed by atoms with E-state index in [4.69, 9.17) is 0 Å². The van der Waals surface area contributed by atoms with Crippen LogP contribution in [0.2, 0.25) is 0 Å². The molecule has 4 rings (SSSR count). The van der Waals surface area contributed by atoms with Gasteiger partial charge in [-0.15, -0.1) is 11.3 Å². The number of thiazole rings is 1. The summed E-state index contributed by atoms with van der Waals surface area (Å²) in [6.45, 7) is 1.96. The molecule has 0 fully saturated rings. The van der Waals surface area contributed by atoms with E-state index in [1.165, 1.54) is 0 Å². The van der Waals surface area contributed by atoms with Crippen molar-refractivity contribution in [1.82, 2.24) is 4.98 Å². The largest absolute Gasteiger partial charge is 0.326 e. The molecule has 1 aliphatic heterocycles. The minimum atomic E-state index is -0.326. The number of rotatable bonds is 2. The lowest BCUT2D eigenvalue weighted by molar-refractivity contribution is -0.115. The monoisotopic (exact) mass is 338 g/mol. The Labute approximate surface area is 141 Å². The van der Waals surface area contributed by atoms with Gasteiger partial charge in [-0.05, 0) is 48.9 Å². The summed E-state index contributed by atoms with van der Waals surface area (Å²) in [5, 5.41) is 9.36. The molecule has 3 amide bonds. The molecule has 3 aromatic rings. The number of amides is 3. The van der Waals surface area contributed by atoms with E-state index in [0.717, 1.165) is 26.5 Å². The first-order chi connectivity index (χ1) is 11.6. The van der Waals surface area contributed by atoms with Gasteiger partial charge >= 0.3 is 6.03 Å². The highest BCUT2D eigenvalue weighted by Crippen LogP contribution is 2.27. The molecule has 6 nitrogen and oxygen atoms in total. The highest BCUT2D eigenvalue weighted by atomic mass is 32.1. The lowest BCUT2D eigenvalue weighted by Crippen LogP contribution is -2.19. The number of aryl methyl sites for hydroxylation is 1. The molecule has 0 saturated carbocycles. The van der Waals surface area contributed by atoms with Gasteiger partial charge < -0.3 is 16.0 Å². The van der Waals surface area contributed by atoms with Crippen molar-refractivity contribution in [3.05, 3.63) is 47.0 Å². The Bertz CT molecular complexity index is 980. The van der Waals surface area contributed by atoms with E-state index in [1.54, 1.807) is 23.5 Å². The number of aromatic nitrogens is 1. The van der Waals surface area contributed by atoms with Gasteiger partial charge in [0.25, 0.3) is 0 Å². The van der Waals surface area contributed by atoms with Crippen LogP contribution in [-0.2, 0) is 11.2 Å². The van der Waals surface area contributed by atoms with Crippen molar-refractivity contribution in [2.45, 2.75) is 13.3 Å². The van der Waals surface area contributed by atoms with Crippen molar-refractivity contribution in [2.75, 3.05) is 16.0 Å². The zero-order valence-electron chi connectivity index (χ0n) is 12.8. The van der Waals surface area contributed by atoms with Crippen LogP contribution in [0.3, 0.4) is 0 Å². The molecule has 1 aromatic heterocycles. The van der Waals surface area contributed by atoms with Gasteiger partial charge in [-0.2, -0.15) is 0 Å². The lowest BCUT2D eigenvalue weighted by Gasteiger charge is -2.09. The molecule has 0 aliphatic carbocycles. The van der Waals surface area contributed by atoms with Gasteiger partial charge in [0, 0.05) is 17.1 Å². The summed E-state index contributed by atoms with van der Waals surface area (Å²) in [5.41, 5.74) is 3.98. The third-order valence-corrected chi connectivity index (χ3v) is 4.68. The molecule has 0 radical (unpaired) electrons. The maximum absolute atomic E-state index is 12.2. The molecule has 120 valence electrons. The SMILES string of the molecule is Cc1nc2ccc(NC(=O)Nc3ccc4c(c3)CC(=O)N4)cc2s1. The quantitative estimate of drug-likeness (QED) is 0.665. The Balaban J connectivity index is 1.48. The first kappa shape index (κ1) is 14.6. The van der Waals surface area contributed by atoms with Gasteiger partial charge in [0.15, 0.2) is 0 Å². The standard InChI is InChI=1S/C17H14N4O2S/c1-9-18-14-5-3-12(8-15(14)24-9)20-17(23)19-11-2-4-13-10(6-11)7-16(22)21-13/h2-6,8H,7H2,1H3,(H,21,22)(H2,19,20,23). The first-order valence-corrected chi connectivity index (χ1v) is 8.26. The van der Waals surface area contributed by atoms with E-state index < -0.39 is 0 Å². The number of nitrogens with one attached hydrogen (secondary N) is 3. The third-order valence-electron chi connectivity index (χ3n) is 3.74. The van der Waals surface area contributed by atoms with Crippen molar-refractivity contribution in [1.29, 1.82) is 0 Å². The second kappa shape index (κ2) is 5.61. The summed E-state index contributed by atoms with van der Waals surface area (Å²) in [4.78, 5) is 27.9. The fourth-order valence-corrected chi connectivity index (χ4v) is 3.58. The minimum absolute atomic E-state index is 0.0280. The highest BCUT2D eigenvalue weighted by molar-refractivity contribution is 7.18. The van der Waals surface area contributed by atoms with E-state index in [-0.39, 0.29) is 11.9 Å². The third kappa shape index (κ3) is 2.81. The lowest BCUT2D eigenvalue weighted by atomic mass is 10.1. The maximum Gasteiger partial charge on any atom is 0.323 e. The summed E-state index contributed by atoms with van der Waals surface area (Å²) in [5.74, 6) is -0.0280. The predicted octanol–water partition coefficient (Wildman–Crippen LogP) is 3.74. The van der Waals surface area contributed by atoms with Crippen LogP contribution in [0.15, 0.2) is 36.4 Å². The zero-order valence-corrected chi connectivity index (χ0v) is 13.7. The van der Waals surface area contributed by atoms with Gasteiger partial charge in [-0.3, -0.25) is 4.79 Å². The van der Waals surface area contributed by atoms with Crippen molar-refractivity contribution in [3.8, 4) is 0 Å². The van der Waals surface area contributed by atoms with E-state index >= 15 is 0 Å². The topological polar surface area (TPSA) is 83.1 Å². The summed E-state index contributed by atoms with van der Waals surface area (Å²) >= 11 is 1.59. The molecular weight excluding hydrogens is 324 g/mol. The number of urea groups is 1. The molecule has 0 atom stereocenters. The molecule has 0 spiro atoms. The summed E-state index contributed by atoms with van der Waals surface area (Å²) < 4.78 is 1.03. The summed E-state index contributed by atoms with van der Waals surface area (Å²) in [6, 6.07) is 10.7. The molecular formula is C17H14N4O2S. The number of carbonyl (C=O) groups is 2. The number of carbonyl (C=O) groups excluding carboxylic acids is 2. The summed E-state index contributed by atoms with van der Waals surface area (Å²) in [6.07, 6.45) is 0.341. The van der Waals surface area contributed by atoms with Gasteiger partial charge in [0.05, 0.1) is 21.6 Å². The van der Waals surface area contributed by atoms with Crippen LogP contribution in [0.1, 0.15) is 10.6 Å². The first-order valence-electron chi connectivity index (χ1n) is 7.45. The average Bonchev–Trinajstić information content (AvgIpc) is 3.06. The maximum atomic E-state index is 12.2. The number of benzene rings is 2. The Morgan fingerprint density at radius 3 is 2.75 bits per heavy atom. The second-order valence-corrected chi connectivity index (χ2v) is 6.83. The predicted molar refractivity (Wildman–Crippen MR) is 95.8 cm³/mol. The number of fused-ring (bicyclic) bond motifs is 2. The Kier molecular flexibility index (Phi) is 3.42. The van der Waals surface area contributed by atoms with E-state index in [2.05, 4.69) is 20.9 Å². The van der Waals surface area contributed by atoms with Crippen molar-refractivity contribution in [2.24, 2.45) is 0 Å². The smallest absolute Gasteiger partial charge is 0.323 e. The van der Waals surface area contributed by atoms with Gasteiger partial charge in [-0.25, -0.2) is 9.78 Å². The molecule has 0 unspecified atom stereocenters. The average molecular weight is 338 g/mol. The van der Waals surface area contributed by atoms with Crippen LogP contribution >= 0.6 is 11.3 Å². The Morgan fingerprint density at radius 2 is 1.92 bits per heavy atom. The fourth-order valence-electron chi connectivity index (χ4n) is 2.72. The second-order valence-electron chi connectivity index (χ2n) is 5.59.